The largest absolute Gasteiger partial charge is 0.462 e. The summed E-state index contributed by atoms with van der Waals surface area (Å²) in [5, 5.41) is 0.560. The number of benzene rings is 2. The quantitative estimate of drug-likeness (QED) is 0.619. The first-order valence-electron chi connectivity index (χ1n) is 7.33. The third kappa shape index (κ3) is 3.37. The summed E-state index contributed by atoms with van der Waals surface area (Å²) in [5.41, 5.74) is 2.84. The SMILES string of the molecule is CS(=O)(=O)c1ccc(C(=C2CCOC2=O)c2cccc(Cl)c2)cc1. The first kappa shape index (κ1) is 16.7. The molecule has 2 aromatic carbocycles. The molecule has 0 radical (unpaired) electrons. The number of hydrogen-bond donors (Lipinski definition) is 0. The summed E-state index contributed by atoms with van der Waals surface area (Å²) in [7, 11) is -3.28. The molecular formula is C18H15ClO4S. The molecule has 1 saturated heterocycles. The van der Waals surface area contributed by atoms with Gasteiger partial charge in [0.15, 0.2) is 9.84 Å². The number of carbonyl (C=O) groups excluding carboxylic acids is 1. The average molecular weight is 363 g/mol. The van der Waals surface area contributed by atoms with E-state index >= 15 is 0 Å². The van der Waals surface area contributed by atoms with Crippen LogP contribution < -0.4 is 0 Å². The summed E-state index contributed by atoms with van der Waals surface area (Å²) < 4.78 is 28.3. The van der Waals surface area contributed by atoms with Gasteiger partial charge in [0, 0.05) is 23.3 Å². The Morgan fingerprint density at radius 2 is 1.79 bits per heavy atom. The Balaban J connectivity index is 2.18. The molecule has 1 fully saturated rings. The van der Waals surface area contributed by atoms with E-state index < -0.39 is 9.84 Å². The maximum absolute atomic E-state index is 12.1. The van der Waals surface area contributed by atoms with Crippen molar-refractivity contribution >= 4 is 33.0 Å². The zero-order chi connectivity index (χ0) is 17.3. The summed E-state index contributed by atoms with van der Waals surface area (Å²) in [4.78, 5) is 12.3. The maximum atomic E-state index is 12.1. The molecule has 0 amide bonds. The highest BCUT2D eigenvalue weighted by Gasteiger charge is 2.25. The first-order chi connectivity index (χ1) is 11.4. The van der Waals surface area contributed by atoms with Crippen LogP contribution in [0.2, 0.25) is 5.02 Å². The van der Waals surface area contributed by atoms with Crippen LogP contribution in [-0.2, 0) is 19.4 Å². The van der Waals surface area contributed by atoms with Gasteiger partial charge in [0.1, 0.15) is 0 Å². The average Bonchev–Trinajstić information content (AvgIpc) is 2.93. The van der Waals surface area contributed by atoms with Crippen LogP contribution in [0.25, 0.3) is 5.57 Å². The molecule has 0 aliphatic carbocycles. The molecule has 0 unspecified atom stereocenters. The molecule has 24 heavy (non-hydrogen) atoms. The number of cyclic esters (lactones) is 1. The van der Waals surface area contributed by atoms with E-state index in [1.54, 1.807) is 24.3 Å². The number of halogens is 1. The van der Waals surface area contributed by atoms with Crippen molar-refractivity contribution in [3.8, 4) is 0 Å². The van der Waals surface area contributed by atoms with Crippen molar-refractivity contribution < 1.29 is 17.9 Å². The fourth-order valence-corrected chi connectivity index (χ4v) is 3.51. The molecule has 1 aliphatic heterocycles. The lowest BCUT2D eigenvalue weighted by atomic mass is 9.92. The summed E-state index contributed by atoms with van der Waals surface area (Å²) in [5.74, 6) is -0.350. The van der Waals surface area contributed by atoms with Crippen molar-refractivity contribution in [2.24, 2.45) is 0 Å². The normalized spacial score (nSPS) is 16.8. The van der Waals surface area contributed by atoms with Crippen molar-refractivity contribution in [2.75, 3.05) is 12.9 Å². The lowest BCUT2D eigenvalue weighted by molar-refractivity contribution is -0.135. The Morgan fingerprint density at radius 3 is 2.33 bits per heavy atom. The molecule has 2 aromatic rings. The topological polar surface area (TPSA) is 60.4 Å². The van der Waals surface area contributed by atoms with Crippen LogP contribution in [-0.4, -0.2) is 27.2 Å². The second kappa shape index (κ2) is 6.42. The highest BCUT2D eigenvalue weighted by Crippen LogP contribution is 2.33. The predicted octanol–water partition coefficient (Wildman–Crippen LogP) is 3.49. The maximum Gasteiger partial charge on any atom is 0.334 e. The van der Waals surface area contributed by atoms with E-state index in [1.165, 1.54) is 12.1 Å². The smallest absolute Gasteiger partial charge is 0.334 e. The number of rotatable bonds is 3. The molecule has 0 N–H and O–H groups in total. The molecule has 0 bridgehead atoms. The van der Waals surface area contributed by atoms with Gasteiger partial charge in [-0.05, 0) is 41.0 Å². The van der Waals surface area contributed by atoms with Gasteiger partial charge in [0.05, 0.1) is 11.5 Å². The number of hydrogen-bond acceptors (Lipinski definition) is 4. The van der Waals surface area contributed by atoms with E-state index in [4.69, 9.17) is 16.3 Å². The zero-order valence-corrected chi connectivity index (χ0v) is 14.5. The fourth-order valence-electron chi connectivity index (χ4n) is 2.69. The lowest BCUT2D eigenvalue weighted by Gasteiger charge is -2.12. The van der Waals surface area contributed by atoms with Crippen molar-refractivity contribution in [3.63, 3.8) is 0 Å². The van der Waals surface area contributed by atoms with Crippen molar-refractivity contribution in [1.29, 1.82) is 0 Å². The Hall–Kier alpha value is -2.11. The van der Waals surface area contributed by atoms with Crippen LogP contribution in [0, 0.1) is 0 Å². The monoisotopic (exact) mass is 362 g/mol. The van der Waals surface area contributed by atoms with E-state index in [2.05, 4.69) is 0 Å². The van der Waals surface area contributed by atoms with E-state index in [9.17, 15) is 13.2 Å². The van der Waals surface area contributed by atoms with Crippen LogP contribution in [0.5, 0.6) is 0 Å². The van der Waals surface area contributed by atoms with Crippen LogP contribution >= 0.6 is 11.6 Å². The fraction of sp³-hybridized carbons (Fsp3) is 0.167. The number of ether oxygens (including phenoxy) is 1. The second-order valence-corrected chi connectivity index (χ2v) is 8.00. The van der Waals surface area contributed by atoms with Crippen molar-refractivity contribution in [1.82, 2.24) is 0 Å². The zero-order valence-electron chi connectivity index (χ0n) is 13.0. The van der Waals surface area contributed by atoms with Gasteiger partial charge in [0.25, 0.3) is 0 Å². The minimum absolute atomic E-state index is 0.232. The molecule has 0 atom stereocenters. The minimum atomic E-state index is -3.28. The van der Waals surface area contributed by atoms with Gasteiger partial charge in [-0.25, -0.2) is 13.2 Å². The Kier molecular flexibility index (Phi) is 4.47. The summed E-state index contributed by atoms with van der Waals surface area (Å²) in [6, 6.07) is 13.7. The summed E-state index contributed by atoms with van der Waals surface area (Å²) in [6.07, 6.45) is 1.67. The lowest BCUT2D eigenvalue weighted by Crippen LogP contribution is -2.02. The molecule has 0 saturated carbocycles. The van der Waals surface area contributed by atoms with E-state index in [0.29, 0.717) is 23.6 Å². The van der Waals surface area contributed by atoms with Gasteiger partial charge in [-0.15, -0.1) is 0 Å². The molecule has 6 heteroatoms. The first-order valence-corrected chi connectivity index (χ1v) is 9.60. The third-order valence-corrected chi connectivity index (χ3v) is 5.18. The summed E-state index contributed by atoms with van der Waals surface area (Å²) >= 11 is 6.09. The standard InChI is InChI=1S/C18H15ClO4S/c1-24(21,22)15-7-5-12(6-8-15)17(16-9-10-23-18(16)20)13-3-2-4-14(19)11-13/h2-8,11H,9-10H2,1H3. The summed E-state index contributed by atoms with van der Waals surface area (Å²) in [6.45, 7) is 0.347. The van der Waals surface area contributed by atoms with Gasteiger partial charge in [-0.1, -0.05) is 35.9 Å². The number of sulfone groups is 1. The van der Waals surface area contributed by atoms with E-state index in [1.807, 2.05) is 12.1 Å². The number of esters is 1. The highest BCUT2D eigenvalue weighted by molar-refractivity contribution is 7.90. The predicted molar refractivity (Wildman–Crippen MR) is 92.6 cm³/mol. The highest BCUT2D eigenvalue weighted by atomic mass is 35.5. The van der Waals surface area contributed by atoms with Crippen molar-refractivity contribution in [2.45, 2.75) is 11.3 Å². The second-order valence-electron chi connectivity index (χ2n) is 5.55. The molecule has 0 spiro atoms. The van der Waals surface area contributed by atoms with Gasteiger partial charge >= 0.3 is 5.97 Å². The minimum Gasteiger partial charge on any atom is -0.462 e. The molecule has 4 nitrogen and oxygen atoms in total. The number of carbonyl (C=O) groups is 1. The molecule has 0 aromatic heterocycles. The van der Waals surface area contributed by atoms with Crippen molar-refractivity contribution in [3.05, 3.63) is 70.3 Å². The van der Waals surface area contributed by atoms with Gasteiger partial charge in [0.2, 0.25) is 0 Å². The van der Waals surface area contributed by atoms with Crippen LogP contribution in [0.1, 0.15) is 17.5 Å². The van der Waals surface area contributed by atoms with Gasteiger partial charge in [-0.2, -0.15) is 0 Å². The molecular weight excluding hydrogens is 348 g/mol. The Morgan fingerprint density at radius 1 is 1.08 bits per heavy atom. The molecule has 1 heterocycles. The van der Waals surface area contributed by atoms with Gasteiger partial charge < -0.3 is 4.74 Å². The Labute approximate surface area is 145 Å². The van der Waals surface area contributed by atoms with Crippen LogP contribution in [0.4, 0.5) is 0 Å². The van der Waals surface area contributed by atoms with E-state index in [0.717, 1.165) is 23.0 Å². The Bertz CT molecular complexity index is 928. The molecule has 124 valence electrons. The van der Waals surface area contributed by atoms with Crippen LogP contribution in [0.15, 0.2) is 59.0 Å². The molecule has 3 rings (SSSR count). The van der Waals surface area contributed by atoms with Crippen LogP contribution in [0.3, 0.4) is 0 Å². The van der Waals surface area contributed by atoms with Gasteiger partial charge in [-0.3, -0.25) is 0 Å². The molecule has 1 aliphatic rings. The third-order valence-electron chi connectivity index (χ3n) is 3.82. The van der Waals surface area contributed by atoms with E-state index in [-0.39, 0.29) is 10.9 Å².